The summed E-state index contributed by atoms with van der Waals surface area (Å²) in [6.07, 6.45) is 4.37. The Morgan fingerprint density at radius 1 is 1.20 bits per heavy atom. The van der Waals surface area contributed by atoms with Gasteiger partial charge in [-0.25, -0.2) is 0 Å². The van der Waals surface area contributed by atoms with Crippen LogP contribution in [0.2, 0.25) is 0 Å². The van der Waals surface area contributed by atoms with Crippen molar-refractivity contribution in [3.05, 3.63) is 59.7 Å². The van der Waals surface area contributed by atoms with Gasteiger partial charge in [-0.1, -0.05) is 43.0 Å². The molecule has 3 N–H and O–H groups in total. The fourth-order valence-electron chi connectivity index (χ4n) is 3.60. The summed E-state index contributed by atoms with van der Waals surface area (Å²) in [5.74, 6) is -0.162. The number of rotatable bonds is 4. The van der Waals surface area contributed by atoms with Gasteiger partial charge in [-0.3, -0.25) is 9.69 Å². The quantitative estimate of drug-likeness (QED) is 0.698. The maximum absolute atomic E-state index is 12.1. The van der Waals surface area contributed by atoms with E-state index in [1.54, 1.807) is 11.8 Å². The molecule has 128 valence electrons. The highest BCUT2D eigenvalue weighted by molar-refractivity contribution is 7.99. The van der Waals surface area contributed by atoms with E-state index in [4.69, 9.17) is 5.73 Å². The summed E-state index contributed by atoms with van der Waals surface area (Å²) < 4.78 is 0. The molecule has 0 saturated heterocycles. The highest BCUT2D eigenvalue weighted by Gasteiger charge is 2.26. The normalized spacial score (nSPS) is 16.8. The van der Waals surface area contributed by atoms with Gasteiger partial charge in [-0.15, -0.1) is 0 Å². The first-order chi connectivity index (χ1) is 12.1. The molecule has 5 heteroatoms. The maximum Gasteiger partial charge on any atom is 0.249 e. The van der Waals surface area contributed by atoms with E-state index >= 15 is 0 Å². The fraction of sp³-hybridized carbons (Fsp3) is 0.250. The number of benzene rings is 2. The minimum atomic E-state index is -0.366. The van der Waals surface area contributed by atoms with Gasteiger partial charge in [0.2, 0.25) is 5.91 Å². The van der Waals surface area contributed by atoms with Crippen LogP contribution in [0.3, 0.4) is 0 Å². The number of fused-ring (bicyclic) bond motifs is 2. The van der Waals surface area contributed by atoms with Crippen molar-refractivity contribution in [3.8, 4) is 0 Å². The topological polar surface area (TPSA) is 58.4 Å². The van der Waals surface area contributed by atoms with Crippen molar-refractivity contribution in [3.63, 3.8) is 0 Å². The molecule has 0 radical (unpaired) electrons. The van der Waals surface area contributed by atoms with Crippen molar-refractivity contribution in [2.45, 2.75) is 22.6 Å². The average Bonchev–Trinajstić information content (AvgIpc) is 3.11. The molecular weight excluding hydrogens is 330 g/mol. The molecular formula is C20H21N3OS. The van der Waals surface area contributed by atoms with Gasteiger partial charge in [0.1, 0.15) is 0 Å². The maximum atomic E-state index is 12.1. The monoisotopic (exact) mass is 351 g/mol. The Hall–Kier alpha value is -2.24. The molecule has 0 aliphatic carbocycles. The summed E-state index contributed by atoms with van der Waals surface area (Å²) in [4.78, 5) is 16.8. The molecule has 1 atom stereocenters. The molecule has 0 saturated carbocycles. The Morgan fingerprint density at radius 3 is 2.72 bits per heavy atom. The van der Waals surface area contributed by atoms with Crippen molar-refractivity contribution in [1.29, 1.82) is 0 Å². The van der Waals surface area contributed by atoms with Crippen molar-refractivity contribution in [1.82, 2.24) is 4.90 Å². The molecule has 1 amide bonds. The Morgan fingerprint density at radius 2 is 1.96 bits per heavy atom. The van der Waals surface area contributed by atoms with E-state index in [2.05, 4.69) is 41.4 Å². The van der Waals surface area contributed by atoms with Gasteiger partial charge in [0.15, 0.2) is 0 Å². The Labute approximate surface area is 152 Å². The second-order valence-electron chi connectivity index (χ2n) is 6.58. The Balaban J connectivity index is 1.75. The number of nitrogens with one attached hydrogen (secondary N) is 1. The lowest BCUT2D eigenvalue weighted by Crippen LogP contribution is -2.27. The minimum absolute atomic E-state index is 0.204. The van der Waals surface area contributed by atoms with E-state index in [1.165, 1.54) is 4.90 Å². The predicted octanol–water partition coefficient (Wildman–Crippen LogP) is 3.97. The van der Waals surface area contributed by atoms with Crippen LogP contribution in [0.5, 0.6) is 0 Å². The van der Waals surface area contributed by atoms with E-state index in [0.717, 1.165) is 41.5 Å². The van der Waals surface area contributed by atoms with Crippen LogP contribution in [0.1, 0.15) is 28.8 Å². The summed E-state index contributed by atoms with van der Waals surface area (Å²) in [5.41, 5.74) is 9.44. The van der Waals surface area contributed by atoms with Crippen molar-refractivity contribution in [2.24, 2.45) is 5.73 Å². The van der Waals surface area contributed by atoms with Crippen molar-refractivity contribution in [2.75, 3.05) is 25.0 Å². The number of hydrogen-bond acceptors (Lipinski definition) is 4. The fourth-order valence-corrected chi connectivity index (χ4v) is 4.61. The average molecular weight is 351 g/mol. The third-order valence-corrected chi connectivity index (χ3v) is 5.89. The van der Waals surface area contributed by atoms with Crippen LogP contribution < -0.4 is 11.1 Å². The number of carbonyl (C=O) groups excluding carboxylic acids is 1. The second kappa shape index (κ2) is 6.58. The Bertz CT molecular complexity index is 854. The van der Waals surface area contributed by atoms with E-state index in [9.17, 15) is 4.79 Å². The van der Waals surface area contributed by atoms with Crippen LogP contribution in [0.4, 0.5) is 11.4 Å². The van der Waals surface area contributed by atoms with Crippen LogP contribution in [0, 0.1) is 0 Å². The number of anilines is 2. The number of para-hydroxylation sites is 1. The van der Waals surface area contributed by atoms with Gasteiger partial charge in [0.05, 0.1) is 11.4 Å². The minimum Gasteiger partial charge on any atom is -0.366 e. The first-order valence-corrected chi connectivity index (χ1v) is 9.33. The molecule has 2 aromatic carbocycles. The number of nitrogens with two attached hydrogens (primary N) is 1. The standard InChI is InChI=1S/C20H21N3OS/c1-13(12-23-10-4-5-11-23)18-14(20(21)24)8-9-17-19(18)22-15-6-2-3-7-16(15)25-17/h2-9,13,22H,10-12H2,1H3,(H2,21,24). The van der Waals surface area contributed by atoms with E-state index in [0.29, 0.717) is 5.56 Å². The summed E-state index contributed by atoms with van der Waals surface area (Å²) in [6, 6.07) is 12.1. The molecule has 4 nitrogen and oxygen atoms in total. The van der Waals surface area contributed by atoms with Gasteiger partial charge < -0.3 is 11.1 Å². The third-order valence-electron chi connectivity index (χ3n) is 4.76. The molecule has 2 aliphatic heterocycles. The molecule has 1 unspecified atom stereocenters. The number of primary amides is 1. The van der Waals surface area contributed by atoms with Crippen LogP contribution in [-0.2, 0) is 0 Å². The molecule has 25 heavy (non-hydrogen) atoms. The molecule has 0 aromatic heterocycles. The van der Waals surface area contributed by atoms with Crippen LogP contribution in [0.15, 0.2) is 58.3 Å². The summed E-state index contributed by atoms with van der Waals surface area (Å²) >= 11 is 1.74. The molecule has 2 aliphatic rings. The van der Waals surface area contributed by atoms with E-state index < -0.39 is 0 Å². The Kier molecular flexibility index (Phi) is 4.27. The summed E-state index contributed by atoms with van der Waals surface area (Å²) in [5, 5.41) is 3.55. The second-order valence-corrected chi connectivity index (χ2v) is 7.66. The third kappa shape index (κ3) is 3.05. The van der Waals surface area contributed by atoms with E-state index in [-0.39, 0.29) is 11.8 Å². The van der Waals surface area contributed by atoms with Gasteiger partial charge >= 0.3 is 0 Å². The SMILES string of the molecule is CC(CN1CC=CC1)c1c(C(N)=O)ccc2c1Nc1ccccc1S2. The number of carbonyl (C=O) groups is 1. The lowest BCUT2D eigenvalue weighted by molar-refractivity contribution is 0.0998. The van der Waals surface area contributed by atoms with Crippen LogP contribution in [0.25, 0.3) is 0 Å². The van der Waals surface area contributed by atoms with Crippen molar-refractivity contribution < 1.29 is 4.79 Å². The lowest BCUT2D eigenvalue weighted by atomic mass is 9.92. The van der Waals surface area contributed by atoms with Gasteiger partial charge in [-0.2, -0.15) is 0 Å². The zero-order valence-electron chi connectivity index (χ0n) is 14.2. The molecule has 0 bridgehead atoms. The zero-order chi connectivity index (χ0) is 17.4. The first-order valence-electron chi connectivity index (χ1n) is 8.51. The summed E-state index contributed by atoms with van der Waals surface area (Å²) in [6.45, 7) is 5.01. The molecule has 2 heterocycles. The van der Waals surface area contributed by atoms with Crippen LogP contribution >= 0.6 is 11.8 Å². The summed E-state index contributed by atoms with van der Waals surface area (Å²) in [7, 11) is 0. The smallest absolute Gasteiger partial charge is 0.249 e. The molecule has 0 spiro atoms. The van der Waals surface area contributed by atoms with Gasteiger partial charge in [0.25, 0.3) is 0 Å². The van der Waals surface area contributed by atoms with E-state index in [1.807, 2.05) is 24.3 Å². The first kappa shape index (κ1) is 16.2. The number of hydrogen-bond donors (Lipinski definition) is 2. The van der Waals surface area contributed by atoms with Crippen LogP contribution in [-0.4, -0.2) is 30.4 Å². The molecule has 0 fully saturated rings. The lowest BCUT2D eigenvalue weighted by Gasteiger charge is -2.29. The van der Waals surface area contributed by atoms with Gasteiger partial charge in [-0.05, 0) is 35.7 Å². The highest BCUT2D eigenvalue weighted by Crippen LogP contribution is 2.47. The van der Waals surface area contributed by atoms with Crippen molar-refractivity contribution >= 4 is 29.0 Å². The van der Waals surface area contributed by atoms with Gasteiger partial charge in [0, 0.05) is 35.0 Å². The predicted molar refractivity (Wildman–Crippen MR) is 103 cm³/mol. The molecule has 2 aromatic rings. The highest BCUT2D eigenvalue weighted by atomic mass is 32.2. The molecule has 4 rings (SSSR count). The zero-order valence-corrected chi connectivity index (χ0v) is 15.0. The number of nitrogens with zero attached hydrogens (tertiary/aromatic N) is 1. The number of amides is 1. The largest absolute Gasteiger partial charge is 0.366 e.